The monoisotopic (exact) mass is 194 g/mol. The van der Waals surface area contributed by atoms with Gasteiger partial charge in [0.1, 0.15) is 17.5 Å². The molecule has 0 amide bonds. The number of nitrogens with two attached hydrogens (primary N) is 1. The quantitative estimate of drug-likeness (QED) is 0.767. The zero-order chi connectivity index (χ0) is 10.6. The molecule has 1 heterocycles. The maximum atomic E-state index is 5.60. The lowest BCUT2D eigenvalue weighted by atomic mass is 10.1. The van der Waals surface area contributed by atoms with Gasteiger partial charge in [-0.1, -0.05) is 13.8 Å². The van der Waals surface area contributed by atoms with E-state index in [1.165, 1.54) is 0 Å². The fourth-order valence-electron chi connectivity index (χ4n) is 1.17. The zero-order valence-electron chi connectivity index (χ0n) is 9.04. The molecular formula is C10H18N4. The first kappa shape index (κ1) is 10.8. The molecule has 0 aliphatic carbocycles. The van der Waals surface area contributed by atoms with Gasteiger partial charge in [-0.15, -0.1) is 0 Å². The molecule has 0 radical (unpaired) electrons. The molecule has 1 rings (SSSR count). The van der Waals surface area contributed by atoms with Crippen LogP contribution in [0.25, 0.3) is 0 Å². The fraction of sp³-hybridized carbons (Fsp3) is 0.600. The minimum Gasteiger partial charge on any atom is -0.384 e. The van der Waals surface area contributed by atoms with Crippen molar-refractivity contribution in [2.75, 3.05) is 17.6 Å². The molecular weight excluding hydrogens is 176 g/mol. The average molecular weight is 194 g/mol. The Labute approximate surface area is 85.0 Å². The predicted molar refractivity (Wildman–Crippen MR) is 59.1 cm³/mol. The molecule has 1 aromatic rings. The molecule has 0 saturated carbocycles. The van der Waals surface area contributed by atoms with Crippen LogP contribution in [0.5, 0.6) is 0 Å². The first-order valence-corrected chi connectivity index (χ1v) is 4.93. The maximum absolute atomic E-state index is 5.60. The minimum absolute atomic E-state index is 0.518. The molecule has 0 fully saturated rings. The summed E-state index contributed by atoms with van der Waals surface area (Å²) in [6.45, 7) is 7.15. The summed E-state index contributed by atoms with van der Waals surface area (Å²) in [5.74, 6) is 2.74. The summed E-state index contributed by atoms with van der Waals surface area (Å²) >= 11 is 0. The van der Waals surface area contributed by atoms with Gasteiger partial charge in [-0.25, -0.2) is 9.97 Å². The number of aryl methyl sites for hydroxylation is 1. The van der Waals surface area contributed by atoms with E-state index in [0.29, 0.717) is 17.6 Å². The first-order valence-electron chi connectivity index (χ1n) is 4.93. The van der Waals surface area contributed by atoms with E-state index in [1.54, 1.807) is 6.07 Å². The van der Waals surface area contributed by atoms with E-state index in [9.17, 15) is 0 Å². The van der Waals surface area contributed by atoms with Gasteiger partial charge >= 0.3 is 0 Å². The summed E-state index contributed by atoms with van der Waals surface area (Å²) in [4.78, 5) is 8.23. The molecule has 3 N–H and O–H groups in total. The lowest BCUT2D eigenvalue weighted by Gasteiger charge is -2.08. The van der Waals surface area contributed by atoms with E-state index in [0.717, 1.165) is 18.8 Å². The third kappa shape index (κ3) is 3.60. The van der Waals surface area contributed by atoms with Crippen LogP contribution < -0.4 is 11.1 Å². The second-order valence-electron chi connectivity index (χ2n) is 3.83. The molecule has 4 nitrogen and oxygen atoms in total. The zero-order valence-corrected chi connectivity index (χ0v) is 9.04. The highest BCUT2D eigenvalue weighted by atomic mass is 15.0. The van der Waals surface area contributed by atoms with Crippen LogP contribution in [0.4, 0.5) is 11.6 Å². The number of nitrogens with one attached hydrogen (secondary N) is 1. The van der Waals surface area contributed by atoms with Crippen LogP contribution in [0.2, 0.25) is 0 Å². The van der Waals surface area contributed by atoms with Gasteiger partial charge in [0.05, 0.1) is 0 Å². The van der Waals surface area contributed by atoms with E-state index >= 15 is 0 Å². The number of rotatable bonds is 4. The van der Waals surface area contributed by atoms with Gasteiger partial charge in [0, 0.05) is 12.6 Å². The summed E-state index contributed by atoms with van der Waals surface area (Å²) < 4.78 is 0. The molecule has 4 heteroatoms. The lowest BCUT2D eigenvalue weighted by molar-refractivity contribution is 0.606. The van der Waals surface area contributed by atoms with Crippen molar-refractivity contribution in [3.8, 4) is 0 Å². The van der Waals surface area contributed by atoms with Gasteiger partial charge in [-0.3, -0.25) is 0 Å². The number of nitrogens with zero attached hydrogens (tertiary/aromatic N) is 2. The van der Waals surface area contributed by atoms with Crippen LogP contribution in [-0.4, -0.2) is 16.5 Å². The van der Waals surface area contributed by atoms with Crippen molar-refractivity contribution in [1.82, 2.24) is 9.97 Å². The molecule has 1 aromatic heterocycles. The van der Waals surface area contributed by atoms with E-state index in [4.69, 9.17) is 5.73 Å². The van der Waals surface area contributed by atoms with Gasteiger partial charge in [0.25, 0.3) is 0 Å². The normalized spacial score (nSPS) is 10.6. The first-order chi connectivity index (χ1) is 6.58. The molecule has 0 bridgehead atoms. The number of nitrogen functional groups attached to an aromatic ring is 1. The largest absolute Gasteiger partial charge is 0.384 e. The molecule has 0 atom stereocenters. The Balaban J connectivity index is 2.50. The van der Waals surface area contributed by atoms with Gasteiger partial charge in [0.2, 0.25) is 0 Å². The molecule has 14 heavy (non-hydrogen) atoms. The highest BCUT2D eigenvalue weighted by Crippen LogP contribution is 2.08. The van der Waals surface area contributed by atoms with Crippen molar-refractivity contribution in [3.63, 3.8) is 0 Å². The fourth-order valence-corrected chi connectivity index (χ4v) is 1.17. The Morgan fingerprint density at radius 2 is 2.14 bits per heavy atom. The molecule has 0 spiro atoms. The summed E-state index contributed by atoms with van der Waals surface area (Å²) in [5.41, 5.74) is 5.60. The average Bonchev–Trinajstić information content (AvgIpc) is 2.01. The Morgan fingerprint density at radius 3 is 2.71 bits per heavy atom. The highest BCUT2D eigenvalue weighted by Gasteiger charge is 1.99. The van der Waals surface area contributed by atoms with Crippen LogP contribution >= 0.6 is 0 Å². The van der Waals surface area contributed by atoms with Crippen molar-refractivity contribution in [2.24, 2.45) is 5.92 Å². The Hall–Kier alpha value is -1.32. The molecule has 78 valence electrons. The summed E-state index contributed by atoms with van der Waals surface area (Å²) in [6, 6.07) is 1.76. The van der Waals surface area contributed by atoms with Crippen LogP contribution in [-0.2, 0) is 0 Å². The van der Waals surface area contributed by atoms with Crippen molar-refractivity contribution in [1.29, 1.82) is 0 Å². The number of hydrogen-bond donors (Lipinski definition) is 2. The standard InChI is InChI=1S/C10H18N4/c1-7(2)4-5-12-10-6-9(11)13-8(3)14-10/h6-7H,4-5H2,1-3H3,(H3,11,12,13,14). The number of anilines is 2. The van der Waals surface area contributed by atoms with Crippen LogP contribution in [0.1, 0.15) is 26.1 Å². The van der Waals surface area contributed by atoms with Crippen molar-refractivity contribution in [3.05, 3.63) is 11.9 Å². The SMILES string of the molecule is Cc1nc(N)cc(NCCC(C)C)n1. The summed E-state index contributed by atoms with van der Waals surface area (Å²) in [5, 5.41) is 3.23. The second kappa shape index (κ2) is 4.79. The third-order valence-electron chi connectivity index (χ3n) is 1.89. The maximum Gasteiger partial charge on any atom is 0.131 e. The Kier molecular flexibility index (Phi) is 3.68. The molecule has 0 unspecified atom stereocenters. The minimum atomic E-state index is 0.518. The van der Waals surface area contributed by atoms with Gasteiger partial charge < -0.3 is 11.1 Å². The van der Waals surface area contributed by atoms with Gasteiger partial charge in [-0.05, 0) is 19.3 Å². The van der Waals surface area contributed by atoms with Crippen molar-refractivity contribution < 1.29 is 0 Å². The third-order valence-corrected chi connectivity index (χ3v) is 1.89. The van der Waals surface area contributed by atoms with Crippen LogP contribution in [0.3, 0.4) is 0 Å². The topological polar surface area (TPSA) is 63.8 Å². The van der Waals surface area contributed by atoms with Gasteiger partial charge in [0.15, 0.2) is 0 Å². The second-order valence-corrected chi connectivity index (χ2v) is 3.83. The van der Waals surface area contributed by atoms with E-state index in [1.807, 2.05) is 6.92 Å². The summed E-state index contributed by atoms with van der Waals surface area (Å²) in [7, 11) is 0. The Bertz CT molecular complexity index is 276. The molecule has 0 aliphatic rings. The van der Waals surface area contributed by atoms with E-state index in [2.05, 4.69) is 29.1 Å². The molecule has 0 saturated heterocycles. The predicted octanol–water partition coefficient (Wildman–Crippen LogP) is 1.83. The van der Waals surface area contributed by atoms with Crippen molar-refractivity contribution in [2.45, 2.75) is 27.2 Å². The smallest absolute Gasteiger partial charge is 0.131 e. The number of hydrogen-bond acceptors (Lipinski definition) is 4. The Morgan fingerprint density at radius 1 is 1.43 bits per heavy atom. The van der Waals surface area contributed by atoms with Crippen molar-refractivity contribution >= 4 is 11.6 Å². The van der Waals surface area contributed by atoms with Crippen LogP contribution in [0, 0.1) is 12.8 Å². The van der Waals surface area contributed by atoms with Gasteiger partial charge in [-0.2, -0.15) is 0 Å². The van der Waals surface area contributed by atoms with E-state index in [-0.39, 0.29) is 0 Å². The number of aromatic nitrogens is 2. The lowest BCUT2D eigenvalue weighted by Crippen LogP contribution is -2.08. The molecule has 0 aliphatic heterocycles. The highest BCUT2D eigenvalue weighted by molar-refractivity contribution is 5.44. The van der Waals surface area contributed by atoms with E-state index < -0.39 is 0 Å². The summed E-state index contributed by atoms with van der Waals surface area (Å²) in [6.07, 6.45) is 1.13. The molecule has 0 aromatic carbocycles. The van der Waals surface area contributed by atoms with Crippen LogP contribution in [0.15, 0.2) is 6.07 Å².